The van der Waals surface area contributed by atoms with Crippen molar-refractivity contribution < 1.29 is 43.5 Å². The van der Waals surface area contributed by atoms with Gasteiger partial charge >= 0.3 is 24.4 Å². The number of hydrogen-bond donors (Lipinski definition) is 1. The molecule has 2 nitrogen and oxygen atoms in total. The molecule has 0 saturated heterocycles. The Morgan fingerprint density at radius 2 is 1.22 bits per heavy atom. The maximum Gasteiger partial charge on any atom is 0 e. The normalized spacial score (nSPS) is 2.78. The average Bonchev–Trinajstić information content (AvgIpc) is 0.811. The average molecular weight is 310 g/mol. The van der Waals surface area contributed by atoms with Crippen LogP contribution in [-0.2, 0) is 24.3 Å². The summed E-state index contributed by atoms with van der Waals surface area (Å²) in [4.78, 5) is 9.00. The fraction of sp³-hybridized carbons (Fsp3) is 0.500. The molecule has 0 fully saturated rings. The largest absolute Gasteiger partial charge is 0 e. The molecule has 0 atom stereocenters. The Labute approximate surface area is 80.7 Å². The molecule has 0 radical (unpaired) electrons. The van der Waals surface area contributed by atoms with Gasteiger partial charge in [0.1, 0.15) is 0 Å². The molecule has 0 aromatic heterocycles. The van der Waals surface area contributed by atoms with Crippen molar-refractivity contribution in [2.24, 2.45) is 0 Å². The van der Waals surface area contributed by atoms with E-state index in [9.17, 15) is 0 Å². The van der Waals surface area contributed by atoms with Crippen LogP contribution in [-0.4, -0.2) is 35.5 Å². The van der Waals surface area contributed by atoms with E-state index < -0.39 is 5.97 Å². The number of aliphatic carboxylic acids is 1. The van der Waals surface area contributed by atoms with Gasteiger partial charge in [0.15, 0.2) is 0 Å². The summed E-state index contributed by atoms with van der Waals surface area (Å²) in [7, 11) is 0. The van der Waals surface area contributed by atoms with Gasteiger partial charge in [0.2, 0.25) is 0 Å². The van der Waals surface area contributed by atoms with Crippen molar-refractivity contribution in [2.75, 3.05) is 0 Å². The van der Waals surface area contributed by atoms with Crippen LogP contribution in [0.25, 0.3) is 0 Å². The van der Waals surface area contributed by atoms with Crippen LogP contribution in [0.5, 0.6) is 0 Å². The number of carboxylic acids is 1. The van der Waals surface area contributed by atoms with Gasteiger partial charge in [0.05, 0.1) is 0 Å². The zero-order valence-corrected chi connectivity index (χ0v) is 12.0. The van der Waals surface area contributed by atoms with Gasteiger partial charge in [-0.25, -0.2) is 0 Å². The fourth-order valence-corrected chi connectivity index (χ4v) is 0. The summed E-state index contributed by atoms with van der Waals surface area (Å²) < 4.78 is 0. The summed E-state index contributed by atoms with van der Waals surface area (Å²) >= 11 is 0. The molecule has 0 aliphatic rings. The summed E-state index contributed by atoms with van der Waals surface area (Å²) in [6, 6.07) is 0. The third-order valence-electron chi connectivity index (χ3n) is 0. The molecule has 0 spiro atoms. The summed E-state index contributed by atoms with van der Waals surface area (Å²) in [5, 5.41) is 7.42. The Kier molecular flexibility index (Phi) is 224. The van der Waals surface area contributed by atoms with Crippen LogP contribution < -0.4 is 0 Å². The van der Waals surface area contributed by atoms with Gasteiger partial charge in [-0.05, 0) is 0 Å². The fourth-order valence-electron chi connectivity index (χ4n) is 0. The molecule has 0 saturated carbocycles. The summed E-state index contributed by atoms with van der Waals surface area (Å²) in [5.41, 5.74) is 0. The minimum absolute atomic E-state index is 0. The smallest absolute Gasteiger partial charge is 0 e. The third kappa shape index (κ3) is 794. The van der Waals surface area contributed by atoms with Gasteiger partial charge in [0.25, 0.3) is 5.97 Å². The predicted octanol–water partition coefficient (Wildman–Crippen LogP) is -0.638. The Morgan fingerprint density at radius 3 is 1.22 bits per heavy atom. The molecule has 9 heavy (non-hydrogen) atoms. The molecule has 0 aliphatic heterocycles. The molecular formula is C2H10F3O2SbZn. The van der Waals surface area contributed by atoms with Crippen molar-refractivity contribution in [2.45, 2.75) is 6.92 Å². The van der Waals surface area contributed by atoms with Crippen molar-refractivity contribution in [3.63, 3.8) is 0 Å². The van der Waals surface area contributed by atoms with E-state index in [1.165, 1.54) is 0 Å². The molecular weight excluding hydrogens is 300 g/mol. The number of halogens is 3. The number of carboxylic acid groups (broad SMARTS) is 1. The first-order valence-electron chi connectivity index (χ1n) is 0.928. The van der Waals surface area contributed by atoms with Crippen LogP contribution in [0.4, 0.5) is 14.1 Å². The van der Waals surface area contributed by atoms with Crippen LogP contribution >= 0.6 is 0 Å². The molecule has 0 bridgehead atoms. The quantitative estimate of drug-likeness (QED) is 0.605. The Bertz CT molecular complexity index is 42.8. The van der Waals surface area contributed by atoms with Crippen LogP contribution in [0.3, 0.4) is 0 Å². The van der Waals surface area contributed by atoms with E-state index >= 15 is 0 Å². The molecule has 0 heterocycles. The maximum absolute atomic E-state index is 9.00. The van der Waals surface area contributed by atoms with Gasteiger partial charge in [-0.1, -0.05) is 0 Å². The van der Waals surface area contributed by atoms with E-state index in [-0.39, 0.29) is 58.0 Å². The molecule has 0 unspecified atom stereocenters. The van der Waals surface area contributed by atoms with Gasteiger partial charge in [-0.15, -0.1) is 0 Å². The molecule has 7 heteroatoms. The van der Waals surface area contributed by atoms with Crippen molar-refractivity contribution >= 4 is 30.4 Å². The van der Waals surface area contributed by atoms with Crippen LogP contribution in [0.2, 0.25) is 0 Å². The minimum atomic E-state index is -0.833. The first-order chi connectivity index (χ1) is 1.73. The van der Waals surface area contributed by atoms with E-state index in [4.69, 9.17) is 9.90 Å². The second kappa shape index (κ2) is 37.7. The third-order valence-corrected chi connectivity index (χ3v) is 0. The molecule has 1 N–H and O–H groups in total. The van der Waals surface area contributed by atoms with Crippen LogP contribution in [0.15, 0.2) is 0 Å². The first-order valence-corrected chi connectivity index (χ1v) is 0.928. The topological polar surface area (TPSA) is 37.3 Å². The van der Waals surface area contributed by atoms with Gasteiger partial charge in [-0.3, -0.25) is 18.9 Å². The molecule has 0 aromatic carbocycles. The molecule has 58 valence electrons. The predicted molar refractivity (Wildman–Crippen MR) is 30.8 cm³/mol. The standard InChI is InChI=1S/C2H4O2.3FH.Sb.Zn.3H/c1-2(3)4;;;;;;;;/h1H3,(H,3,4);3*1H;;;;;. The van der Waals surface area contributed by atoms with Gasteiger partial charge < -0.3 is 5.11 Å². The molecule has 0 aromatic rings. The van der Waals surface area contributed by atoms with Crippen LogP contribution in [0, 0.1) is 0 Å². The number of rotatable bonds is 0. The first kappa shape index (κ1) is 53.6. The van der Waals surface area contributed by atoms with E-state index in [0.29, 0.717) is 0 Å². The maximum atomic E-state index is 9.00. The monoisotopic (exact) mass is 308 g/mol. The van der Waals surface area contributed by atoms with E-state index in [1.807, 2.05) is 0 Å². The van der Waals surface area contributed by atoms with Gasteiger partial charge in [0, 0.05) is 26.4 Å². The summed E-state index contributed by atoms with van der Waals surface area (Å²) in [5.74, 6) is -0.833. The second-order valence-electron chi connectivity index (χ2n) is 0.519. The molecule has 0 amide bonds. The minimum Gasteiger partial charge on any atom is 0 e. The van der Waals surface area contributed by atoms with Crippen molar-refractivity contribution in [1.82, 2.24) is 0 Å². The molecule has 0 rings (SSSR count). The zero-order chi connectivity index (χ0) is 3.58. The molecule has 0 aliphatic carbocycles. The van der Waals surface area contributed by atoms with Crippen molar-refractivity contribution in [1.29, 1.82) is 0 Å². The Balaban J connectivity index is -0.00000000450. The second-order valence-corrected chi connectivity index (χ2v) is 0.519. The van der Waals surface area contributed by atoms with Gasteiger partial charge in [-0.2, -0.15) is 0 Å². The SMILES string of the molecule is CC(=O)O.F.F.F.[SbH3].[Zn]. The Hall–Kier alpha value is 0.702. The zero-order valence-electron chi connectivity index (χ0n) is 4.99. The summed E-state index contributed by atoms with van der Waals surface area (Å²) in [6.45, 7) is 1.08. The van der Waals surface area contributed by atoms with E-state index in [2.05, 4.69) is 0 Å². The summed E-state index contributed by atoms with van der Waals surface area (Å²) in [6.07, 6.45) is 0. The van der Waals surface area contributed by atoms with Crippen molar-refractivity contribution in [3.8, 4) is 0 Å². The number of carbonyl (C=O) groups is 1. The van der Waals surface area contributed by atoms with Crippen molar-refractivity contribution in [3.05, 3.63) is 0 Å². The Morgan fingerprint density at radius 1 is 1.22 bits per heavy atom. The number of hydrogen-bond acceptors (Lipinski definition) is 1. The van der Waals surface area contributed by atoms with E-state index in [0.717, 1.165) is 6.92 Å². The van der Waals surface area contributed by atoms with E-state index in [1.54, 1.807) is 0 Å². The van der Waals surface area contributed by atoms with Crippen LogP contribution in [0.1, 0.15) is 6.92 Å².